The number of rotatable bonds is 10. The van der Waals surface area contributed by atoms with Gasteiger partial charge in [0.1, 0.15) is 0 Å². The molecule has 0 fully saturated rings. The first kappa shape index (κ1) is 21.9. The molecule has 0 rings (SSSR count). The third-order valence-corrected chi connectivity index (χ3v) is 2.78. The number of carboxylic acids is 1. The van der Waals surface area contributed by atoms with E-state index in [-0.39, 0.29) is 12.8 Å². The molecule has 0 amide bonds. The Morgan fingerprint density at radius 2 is 1.24 bits per heavy atom. The van der Waals surface area contributed by atoms with Gasteiger partial charge in [0, 0.05) is 19.8 Å². The third-order valence-electron chi connectivity index (χ3n) is 2.78. The van der Waals surface area contributed by atoms with Crippen molar-refractivity contribution in [1.82, 2.24) is 0 Å². The number of carbonyl (C=O) groups is 3. The van der Waals surface area contributed by atoms with Gasteiger partial charge >= 0.3 is 17.9 Å². The minimum absolute atomic E-state index is 0.227. The number of hydrogen-bond acceptors (Lipinski definition) is 4. The second-order valence-electron chi connectivity index (χ2n) is 4.98. The van der Waals surface area contributed by atoms with E-state index >= 15 is 0 Å². The fraction of sp³-hybridized carbons (Fsp3) is 0.812. The van der Waals surface area contributed by atoms with Crippen LogP contribution >= 0.6 is 0 Å². The number of esters is 2. The number of carboxylic acid groups (broad SMARTS) is 1. The summed E-state index contributed by atoms with van der Waals surface area (Å²) in [7, 11) is 0. The van der Waals surface area contributed by atoms with Crippen molar-refractivity contribution < 1.29 is 24.2 Å². The molecule has 0 aromatic rings. The summed E-state index contributed by atoms with van der Waals surface area (Å²) in [4.78, 5) is 31.6. The normalized spacial score (nSPS) is 9.48. The first-order valence-corrected chi connectivity index (χ1v) is 7.87. The van der Waals surface area contributed by atoms with Gasteiger partial charge in [-0.2, -0.15) is 0 Å². The molecular weight excluding hydrogens is 272 g/mol. The predicted octanol–water partition coefficient (Wildman–Crippen LogP) is 4.09. The van der Waals surface area contributed by atoms with E-state index < -0.39 is 17.9 Å². The van der Waals surface area contributed by atoms with Crippen molar-refractivity contribution in [3.05, 3.63) is 0 Å². The minimum atomic E-state index is -0.753. The van der Waals surface area contributed by atoms with Crippen molar-refractivity contribution in [2.75, 3.05) is 0 Å². The maximum absolute atomic E-state index is 11.0. The van der Waals surface area contributed by atoms with E-state index in [0.717, 1.165) is 25.7 Å². The van der Waals surface area contributed by atoms with Gasteiger partial charge in [-0.15, -0.1) is 0 Å². The maximum Gasteiger partial charge on any atom is 0.313 e. The van der Waals surface area contributed by atoms with Gasteiger partial charge in [-0.05, 0) is 12.8 Å². The molecule has 0 atom stereocenters. The molecule has 0 spiro atoms. The smallest absolute Gasteiger partial charge is 0.313 e. The molecule has 0 unspecified atom stereocenters. The number of ether oxygens (including phenoxy) is 1. The van der Waals surface area contributed by atoms with Crippen LogP contribution < -0.4 is 0 Å². The Morgan fingerprint density at radius 3 is 1.62 bits per heavy atom. The SMILES string of the molecule is CC(=O)OC(=O)CCCCCCCCC(=O)O.CCCC. The van der Waals surface area contributed by atoms with Gasteiger partial charge in [-0.25, -0.2) is 0 Å². The summed E-state index contributed by atoms with van der Waals surface area (Å²) in [5.74, 6) is -1.79. The van der Waals surface area contributed by atoms with Crippen LogP contribution in [0.2, 0.25) is 0 Å². The lowest BCUT2D eigenvalue weighted by molar-refractivity contribution is -0.158. The quantitative estimate of drug-likeness (QED) is 0.373. The number of unbranched alkanes of at least 4 members (excludes halogenated alkanes) is 6. The van der Waals surface area contributed by atoms with Crippen molar-refractivity contribution in [2.24, 2.45) is 0 Å². The first-order valence-electron chi connectivity index (χ1n) is 7.87. The van der Waals surface area contributed by atoms with E-state index in [2.05, 4.69) is 18.6 Å². The molecule has 0 aliphatic carbocycles. The molecule has 0 saturated carbocycles. The summed E-state index contributed by atoms with van der Waals surface area (Å²) in [6.07, 6.45) is 8.33. The molecule has 0 radical (unpaired) electrons. The topological polar surface area (TPSA) is 80.7 Å². The van der Waals surface area contributed by atoms with E-state index in [4.69, 9.17) is 5.11 Å². The van der Waals surface area contributed by atoms with Crippen LogP contribution in [0.1, 0.15) is 85.0 Å². The molecule has 124 valence electrons. The highest BCUT2D eigenvalue weighted by molar-refractivity contribution is 5.83. The van der Waals surface area contributed by atoms with Crippen molar-refractivity contribution in [2.45, 2.75) is 85.0 Å². The Morgan fingerprint density at radius 1 is 0.810 bits per heavy atom. The highest BCUT2D eigenvalue weighted by atomic mass is 16.6. The summed E-state index contributed by atoms with van der Waals surface area (Å²) >= 11 is 0. The fourth-order valence-electron chi connectivity index (χ4n) is 1.46. The lowest BCUT2D eigenvalue weighted by Gasteiger charge is -2.01. The highest BCUT2D eigenvalue weighted by Gasteiger charge is 2.05. The van der Waals surface area contributed by atoms with Crippen molar-refractivity contribution >= 4 is 17.9 Å². The van der Waals surface area contributed by atoms with E-state index in [1.54, 1.807) is 0 Å². The summed E-state index contributed by atoms with van der Waals surface area (Å²) in [6, 6.07) is 0. The van der Waals surface area contributed by atoms with Gasteiger partial charge in [0.2, 0.25) is 0 Å². The maximum atomic E-state index is 11.0. The Kier molecular flexibility index (Phi) is 17.4. The summed E-state index contributed by atoms with van der Waals surface area (Å²) in [5, 5.41) is 8.41. The van der Waals surface area contributed by atoms with Crippen LogP contribution in [0, 0.1) is 0 Å². The van der Waals surface area contributed by atoms with Crippen LogP contribution in [-0.2, 0) is 19.1 Å². The summed E-state index contributed by atoms with van der Waals surface area (Å²) in [5.41, 5.74) is 0. The first-order chi connectivity index (χ1) is 9.93. The zero-order valence-corrected chi connectivity index (χ0v) is 13.7. The Labute approximate surface area is 128 Å². The number of carbonyl (C=O) groups excluding carboxylic acids is 2. The van der Waals surface area contributed by atoms with Gasteiger partial charge < -0.3 is 9.84 Å². The lowest BCUT2D eigenvalue weighted by Crippen LogP contribution is -2.08. The van der Waals surface area contributed by atoms with Crippen LogP contribution in [-0.4, -0.2) is 23.0 Å². The Balaban J connectivity index is 0. The Hall–Kier alpha value is -1.39. The van der Waals surface area contributed by atoms with Gasteiger partial charge in [0.25, 0.3) is 0 Å². The van der Waals surface area contributed by atoms with Crippen LogP contribution in [0.25, 0.3) is 0 Å². The molecule has 21 heavy (non-hydrogen) atoms. The summed E-state index contributed by atoms with van der Waals surface area (Å²) < 4.78 is 4.38. The predicted molar refractivity (Wildman–Crippen MR) is 81.9 cm³/mol. The fourth-order valence-corrected chi connectivity index (χ4v) is 1.46. The minimum Gasteiger partial charge on any atom is -0.481 e. The van der Waals surface area contributed by atoms with Crippen LogP contribution in [0.15, 0.2) is 0 Å². The summed E-state index contributed by atoms with van der Waals surface area (Å²) in [6.45, 7) is 5.57. The van der Waals surface area contributed by atoms with Crippen LogP contribution in [0.4, 0.5) is 0 Å². The van der Waals surface area contributed by atoms with Gasteiger partial charge in [0.05, 0.1) is 0 Å². The largest absolute Gasteiger partial charge is 0.481 e. The second-order valence-corrected chi connectivity index (χ2v) is 4.98. The molecule has 0 heterocycles. The zero-order chi connectivity index (χ0) is 16.5. The van der Waals surface area contributed by atoms with Crippen molar-refractivity contribution in [1.29, 1.82) is 0 Å². The highest BCUT2D eigenvalue weighted by Crippen LogP contribution is 2.09. The van der Waals surface area contributed by atoms with E-state index in [1.807, 2.05) is 0 Å². The van der Waals surface area contributed by atoms with Gasteiger partial charge in [-0.3, -0.25) is 14.4 Å². The number of hydrogen-bond donors (Lipinski definition) is 1. The molecule has 5 heteroatoms. The zero-order valence-electron chi connectivity index (χ0n) is 13.7. The average molecular weight is 302 g/mol. The molecule has 0 saturated heterocycles. The van der Waals surface area contributed by atoms with Crippen molar-refractivity contribution in [3.8, 4) is 0 Å². The molecule has 0 aromatic carbocycles. The molecule has 0 bridgehead atoms. The van der Waals surface area contributed by atoms with E-state index in [9.17, 15) is 14.4 Å². The van der Waals surface area contributed by atoms with E-state index in [0.29, 0.717) is 12.8 Å². The van der Waals surface area contributed by atoms with E-state index in [1.165, 1.54) is 19.8 Å². The third kappa shape index (κ3) is 24.1. The van der Waals surface area contributed by atoms with Crippen LogP contribution in [0.5, 0.6) is 0 Å². The number of aliphatic carboxylic acids is 1. The van der Waals surface area contributed by atoms with Gasteiger partial charge in [-0.1, -0.05) is 52.4 Å². The molecule has 0 aliphatic heterocycles. The average Bonchev–Trinajstić information content (AvgIpc) is 2.41. The molecular formula is C16H30O5. The lowest BCUT2D eigenvalue weighted by atomic mass is 10.1. The monoisotopic (exact) mass is 302 g/mol. The second kappa shape index (κ2) is 16.7. The van der Waals surface area contributed by atoms with Crippen LogP contribution in [0.3, 0.4) is 0 Å². The molecule has 5 nitrogen and oxygen atoms in total. The molecule has 0 aliphatic rings. The van der Waals surface area contributed by atoms with Crippen molar-refractivity contribution in [3.63, 3.8) is 0 Å². The molecule has 1 N–H and O–H groups in total. The standard InChI is InChI=1S/C12H20O5.C4H10/c1-10(13)17-12(16)9-7-5-3-2-4-6-8-11(14)15;1-3-4-2/h2-9H2,1H3,(H,14,15);3-4H2,1-2H3. The van der Waals surface area contributed by atoms with Gasteiger partial charge in [0.15, 0.2) is 0 Å². The molecule has 0 aromatic heterocycles. The Bertz CT molecular complexity index is 284.